The number of aliphatic imine (C=N–C) groups is 1. The van der Waals surface area contributed by atoms with Gasteiger partial charge in [-0.1, -0.05) is 18.2 Å². The molecule has 26 heavy (non-hydrogen) atoms. The van der Waals surface area contributed by atoms with Crippen LogP contribution in [0, 0.1) is 0 Å². The maximum Gasteiger partial charge on any atom is 0.194 e. The Labute approximate surface area is 160 Å². The second-order valence-electron chi connectivity index (χ2n) is 7.33. The van der Waals surface area contributed by atoms with Crippen molar-refractivity contribution in [1.29, 1.82) is 0 Å². The predicted octanol–water partition coefficient (Wildman–Crippen LogP) is 2.89. The van der Waals surface area contributed by atoms with Gasteiger partial charge in [-0.05, 0) is 59.3 Å². The van der Waals surface area contributed by atoms with Gasteiger partial charge in [-0.15, -0.1) is 0 Å². The van der Waals surface area contributed by atoms with Crippen LogP contribution in [-0.4, -0.2) is 74.7 Å². The average molecular weight is 360 g/mol. The van der Waals surface area contributed by atoms with Gasteiger partial charge in [0, 0.05) is 51.0 Å². The molecule has 1 N–H and O–H groups in total. The Hall–Kier alpha value is -1.75. The van der Waals surface area contributed by atoms with Crippen LogP contribution in [0.4, 0.5) is 5.69 Å². The van der Waals surface area contributed by atoms with E-state index in [0.717, 1.165) is 58.2 Å². The van der Waals surface area contributed by atoms with E-state index in [1.54, 1.807) is 0 Å². The van der Waals surface area contributed by atoms with Gasteiger partial charge >= 0.3 is 0 Å². The summed E-state index contributed by atoms with van der Waals surface area (Å²) in [5.74, 6) is 1.08. The molecule has 0 aliphatic carbocycles. The molecule has 1 aliphatic heterocycles. The van der Waals surface area contributed by atoms with E-state index in [1.807, 2.05) is 0 Å². The summed E-state index contributed by atoms with van der Waals surface area (Å²) >= 11 is 0. The van der Waals surface area contributed by atoms with Crippen molar-refractivity contribution in [2.75, 3.05) is 57.8 Å². The number of benzene rings is 1. The van der Waals surface area contributed by atoms with Crippen molar-refractivity contribution < 1.29 is 0 Å². The molecule has 2 rings (SSSR count). The molecule has 0 spiro atoms. The zero-order chi connectivity index (χ0) is 18.8. The molecule has 1 saturated heterocycles. The minimum atomic E-state index is 0.622. The Morgan fingerprint density at radius 3 is 2.42 bits per heavy atom. The summed E-state index contributed by atoms with van der Waals surface area (Å²) in [6, 6.07) is 11.3. The third kappa shape index (κ3) is 6.52. The molecule has 1 aliphatic rings. The molecule has 0 aromatic heterocycles. The van der Waals surface area contributed by atoms with Gasteiger partial charge in [0.1, 0.15) is 0 Å². The molecular formula is C21H37N5. The van der Waals surface area contributed by atoms with Crippen molar-refractivity contribution in [1.82, 2.24) is 15.1 Å². The minimum Gasteiger partial charge on any atom is -0.368 e. The number of guanidine groups is 1. The van der Waals surface area contributed by atoms with Crippen molar-refractivity contribution >= 4 is 11.6 Å². The Balaban J connectivity index is 1.78. The zero-order valence-corrected chi connectivity index (χ0v) is 17.1. The van der Waals surface area contributed by atoms with Crippen LogP contribution in [0.25, 0.3) is 0 Å². The molecule has 5 nitrogen and oxygen atoms in total. The van der Waals surface area contributed by atoms with Crippen molar-refractivity contribution in [3.63, 3.8) is 0 Å². The third-order valence-electron chi connectivity index (χ3n) is 5.10. The maximum atomic E-state index is 4.87. The number of nitrogens with zero attached hydrogens (tertiary/aromatic N) is 4. The number of piperazine rings is 1. The van der Waals surface area contributed by atoms with Gasteiger partial charge in [0.25, 0.3) is 0 Å². The number of hydrogen-bond donors (Lipinski definition) is 1. The minimum absolute atomic E-state index is 0.622. The zero-order valence-electron chi connectivity index (χ0n) is 17.1. The first-order chi connectivity index (χ1) is 12.6. The molecule has 1 aromatic carbocycles. The first kappa shape index (κ1) is 20.6. The second kappa shape index (κ2) is 11.1. The van der Waals surface area contributed by atoms with Crippen molar-refractivity contribution in [2.24, 2.45) is 4.99 Å². The first-order valence-electron chi connectivity index (χ1n) is 10.1. The highest BCUT2D eigenvalue weighted by Crippen LogP contribution is 2.15. The molecule has 0 unspecified atom stereocenters. The van der Waals surface area contributed by atoms with E-state index in [9.17, 15) is 0 Å². The fourth-order valence-electron chi connectivity index (χ4n) is 3.16. The Bertz CT molecular complexity index is 520. The number of para-hydroxylation sites is 1. The number of unbranched alkanes of at least 4 members (excludes halogenated alkanes) is 1. The van der Waals surface area contributed by atoms with Gasteiger partial charge in [-0.2, -0.15) is 0 Å². The van der Waals surface area contributed by atoms with Crippen LogP contribution >= 0.6 is 0 Å². The molecule has 5 heteroatoms. The number of hydrogen-bond acceptors (Lipinski definition) is 3. The molecule has 0 radical (unpaired) electrons. The van der Waals surface area contributed by atoms with E-state index in [4.69, 9.17) is 4.99 Å². The predicted molar refractivity (Wildman–Crippen MR) is 113 cm³/mol. The van der Waals surface area contributed by atoms with Crippen LogP contribution in [0.3, 0.4) is 0 Å². The largest absolute Gasteiger partial charge is 0.368 e. The van der Waals surface area contributed by atoms with E-state index < -0.39 is 0 Å². The third-order valence-corrected chi connectivity index (χ3v) is 5.10. The van der Waals surface area contributed by atoms with E-state index >= 15 is 0 Å². The van der Waals surface area contributed by atoms with E-state index in [-0.39, 0.29) is 0 Å². The maximum absolute atomic E-state index is 4.87. The summed E-state index contributed by atoms with van der Waals surface area (Å²) in [6.07, 6.45) is 2.36. The van der Waals surface area contributed by atoms with Crippen LogP contribution in [-0.2, 0) is 0 Å². The first-order valence-corrected chi connectivity index (χ1v) is 10.1. The SMILES string of the molecule is CCNC(=NCCCCN(C)C(C)C)N1CCN(c2ccccc2)CC1. The quantitative estimate of drug-likeness (QED) is 0.440. The molecule has 0 saturated carbocycles. The second-order valence-corrected chi connectivity index (χ2v) is 7.33. The molecule has 0 bridgehead atoms. The molecule has 0 atom stereocenters. The highest BCUT2D eigenvalue weighted by Gasteiger charge is 2.19. The van der Waals surface area contributed by atoms with Gasteiger partial charge in [-0.3, -0.25) is 4.99 Å². The topological polar surface area (TPSA) is 34.1 Å². The number of anilines is 1. The van der Waals surface area contributed by atoms with Crippen LogP contribution in [0.1, 0.15) is 33.6 Å². The van der Waals surface area contributed by atoms with Crippen LogP contribution in [0.2, 0.25) is 0 Å². The van der Waals surface area contributed by atoms with Gasteiger partial charge in [-0.25, -0.2) is 0 Å². The lowest BCUT2D eigenvalue weighted by atomic mass is 10.2. The molecule has 0 amide bonds. The molecule has 1 aromatic rings. The smallest absolute Gasteiger partial charge is 0.194 e. The highest BCUT2D eigenvalue weighted by molar-refractivity contribution is 5.80. The van der Waals surface area contributed by atoms with E-state index in [0.29, 0.717) is 6.04 Å². The normalized spacial score (nSPS) is 15.8. The molecule has 1 heterocycles. The number of rotatable bonds is 8. The lowest BCUT2D eigenvalue weighted by Crippen LogP contribution is -2.52. The van der Waals surface area contributed by atoms with Crippen molar-refractivity contribution in [3.8, 4) is 0 Å². The summed E-state index contributed by atoms with van der Waals surface area (Å²) in [7, 11) is 2.20. The Morgan fingerprint density at radius 2 is 1.81 bits per heavy atom. The standard InChI is InChI=1S/C21H37N5/c1-5-22-21(23-13-9-10-14-24(4)19(2)3)26-17-15-25(16-18-26)20-11-7-6-8-12-20/h6-8,11-12,19H,5,9-10,13-18H2,1-4H3,(H,22,23). The molecular weight excluding hydrogens is 322 g/mol. The average Bonchev–Trinajstić information content (AvgIpc) is 2.67. The summed E-state index contributed by atoms with van der Waals surface area (Å²) in [5, 5.41) is 3.47. The number of nitrogens with one attached hydrogen (secondary N) is 1. The van der Waals surface area contributed by atoms with Crippen LogP contribution in [0.5, 0.6) is 0 Å². The van der Waals surface area contributed by atoms with Crippen LogP contribution in [0.15, 0.2) is 35.3 Å². The summed E-state index contributed by atoms with van der Waals surface area (Å²) < 4.78 is 0. The molecule has 1 fully saturated rings. The Kier molecular flexibility index (Phi) is 8.75. The Morgan fingerprint density at radius 1 is 1.12 bits per heavy atom. The van der Waals surface area contributed by atoms with E-state index in [2.05, 4.69) is 78.2 Å². The van der Waals surface area contributed by atoms with Gasteiger partial charge in [0.05, 0.1) is 0 Å². The fourth-order valence-corrected chi connectivity index (χ4v) is 3.16. The summed E-state index contributed by atoms with van der Waals surface area (Å²) in [6.45, 7) is 13.8. The van der Waals surface area contributed by atoms with Crippen molar-refractivity contribution in [2.45, 2.75) is 39.7 Å². The van der Waals surface area contributed by atoms with E-state index in [1.165, 1.54) is 12.1 Å². The fraction of sp³-hybridized carbons (Fsp3) is 0.667. The van der Waals surface area contributed by atoms with Gasteiger partial charge in [0.15, 0.2) is 5.96 Å². The lowest BCUT2D eigenvalue weighted by molar-refractivity contribution is 0.269. The van der Waals surface area contributed by atoms with Crippen LogP contribution < -0.4 is 10.2 Å². The summed E-state index contributed by atoms with van der Waals surface area (Å²) in [4.78, 5) is 12.1. The summed E-state index contributed by atoms with van der Waals surface area (Å²) in [5.41, 5.74) is 1.32. The highest BCUT2D eigenvalue weighted by atomic mass is 15.3. The van der Waals surface area contributed by atoms with Gasteiger partial charge in [0.2, 0.25) is 0 Å². The molecule has 146 valence electrons. The monoisotopic (exact) mass is 359 g/mol. The van der Waals surface area contributed by atoms with Gasteiger partial charge < -0.3 is 20.0 Å². The van der Waals surface area contributed by atoms with Crippen molar-refractivity contribution in [3.05, 3.63) is 30.3 Å². The lowest BCUT2D eigenvalue weighted by Gasteiger charge is -2.37.